The number of aliphatic hydroxyl groups is 1. The van der Waals surface area contributed by atoms with Gasteiger partial charge in [-0.2, -0.15) is 26.3 Å². The van der Waals surface area contributed by atoms with Crippen molar-refractivity contribution in [2.24, 2.45) is 0 Å². The lowest BCUT2D eigenvalue weighted by molar-refractivity contribution is -0.376. The summed E-state index contributed by atoms with van der Waals surface area (Å²) in [7, 11) is 0. The number of halogens is 6. The van der Waals surface area contributed by atoms with Crippen LogP contribution in [-0.2, 0) is 12.1 Å². The summed E-state index contributed by atoms with van der Waals surface area (Å²) in [6, 6.07) is 10.5. The third-order valence-electron chi connectivity index (χ3n) is 5.17. The molecule has 1 heterocycles. The minimum Gasteiger partial charge on any atom is -0.369 e. The second-order valence-electron chi connectivity index (χ2n) is 7.21. The van der Waals surface area contributed by atoms with Crippen LogP contribution in [0.5, 0.6) is 0 Å². The van der Waals surface area contributed by atoms with Crippen LogP contribution in [0.3, 0.4) is 0 Å². The minimum atomic E-state index is -5.98. The second kappa shape index (κ2) is 8.09. The van der Waals surface area contributed by atoms with Crippen LogP contribution < -0.4 is 5.56 Å². The van der Waals surface area contributed by atoms with Gasteiger partial charge < -0.3 is 9.67 Å². The van der Waals surface area contributed by atoms with Gasteiger partial charge in [0.15, 0.2) is 5.78 Å². The van der Waals surface area contributed by atoms with E-state index in [0.29, 0.717) is 35.0 Å². The molecule has 3 rings (SSSR count). The zero-order valence-electron chi connectivity index (χ0n) is 16.6. The number of alkyl halides is 6. The maximum Gasteiger partial charge on any atom is 0.430 e. The van der Waals surface area contributed by atoms with E-state index in [2.05, 4.69) is 0 Å². The molecule has 1 N–H and O–H groups in total. The summed E-state index contributed by atoms with van der Waals surface area (Å²) in [6.45, 7) is 1.56. The molecule has 0 radical (unpaired) electrons. The van der Waals surface area contributed by atoms with Gasteiger partial charge in [0, 0.05) is 23.6 Å². The van der Waals surface area contributed by atoms with E-state index in [1.165, 1.54) is 16.7 Å². The molecule has 0 spiro atoms. The Morgan fingerprint density at radius 2 is 1.50 bits per heavy atom. The fourth-order valence-electron chi connectivity index (χ4n) is 3.37. The Hall–Kier alpha value is -3.14. The standard InChI is InChI=1S/C22H17F6NO3/c1-2-18(30)15-5-9-17-14(11-15)6-10-19(31)29(17)12-13-3-7-16(8-4-13)20(32,21(23,24)25)22(26,27)28/h3-11,32H,2,12H2,1H3. The van der Waals surface area contributed by atoms with Gasteiger partial charge in [-0.3, -0.25) is 9.59 Å². The molecular weight excluding hydrogens is 440 g/mol. The van der Waals surface area contributed by atoms with Crippen molar-refractivity contribution < 1.29 is 36.2 Å². The third-order valence-corrected chi connectivity index (χ3v) is 5.17. The zero-order valence-corrected chi connectivity index (χ0v) is 16.6. The van der Waals surface area contributed by atoms with Crippen molar-refractivity contribution in [3.63, 3.8) is 0 Å². The number of Topliss-reactive ketones (excluding diaryl/α,β-unsaturated/α-hetero) is 1. The van der Waals surface area contributed by atoms with Gasteiger partial charge in [-0.1, -0.05) is 31.2 Å². The number of hydrogen-bond donors (Lipinski definition) is 1. The van der Waals surface area contributed by atoms with Gasteiger partial charge in [-0.05, 0) is 35.2 Å². The Labute approximate surface area is 177 Å². The topological polar surface area (TPSA) is 59.3 Å². The zero-order chi connectivity index (χ0) is 23.9. The van der Waals surface area contributed by atoms with Crippen molar-refractivity contribution in [3.8, 4) is 0 Å². The molecule has 0 saturated heterocycles. The van der Waals surface area contributed by atoms with Gasteiger partial charge in [0.25, 0.3) is 11.2 Å². The molecule has 0 amide bonds. The molecule has 32 heavy (non-hydrogen) atoms. The molecule has 170 valence electrons. The van der Waals surface area contributed by atoms with E-state index >= 15 is 0 Å². The van der Waals surface area contributed by atoms with Crippen molar-refractivity contribution in [2.45, 2.75) is 37.8 Å². The van der Waals surface area contributed by atoms with E-state index < -0.39 is 29.1 Å². The molecule has 0 bridgehead atoms. The summed E-state index contributed by atoms with van der Waals surface area (Å²) in [6.07, 6.45) is -11.7. The number of pyridine rings is 1. The van der Waals surface area contributed by atoms with E-state index in [1.807, 2.05) is 0 Å². The Morgan fingerprint density at radius 1 is 0.906 bits per heavy atom. The molecular formula is C22H17F6NO3. The molecule has 0 aliphatic carbocycles. The number of rotatable bonds is 5. The first-order valence-corrected chi connectivity index (χ1v) is 9.41. The second-order valence-corrected chi connectivity index (χ2v) is 7.21. The van der Waals surface area contributed by atoms with Crippen molar-refractivity contribution in [1.82, 2.24) is 4.57 Å². The molecule has 0 aliphatic rings. The minimum absolute atomic E-state index is 0.0953. The van der Waals surface area contributed by atoms with Gasteiger partial charge in [-0.15, -0.1) is 0 Å². The predicted octanol–water partition coefficient (Wildman–Crippen LogP) is 4.95. The van der Waals surface area contributed by atoms with Crippen LogP contribution in [0.2, 0.25) is 0 Å². The number of benzene rings is 2. The monoisotopic (exact) mass is 457 g/mol. The van der Waals surface area contributed by atoms with Crippen LogP contribution in [0.25, 0.3) is 10.9 Å². The van der Waals surface area contributed by atoms with Crippen LogP contribution in [0, 0.1) is 0 Å². The smallest absolute Gasteiger partial charge is 0.369 e. The maximum atomic E-state index is 13.0. The molecule has 2 aromatic carbocycles. The average Bonchev–Trinajstić information content (AvgIpc) is 2.73. The highest BCUT2D eigenvalue weighted by atomic mass is 19.4. The van der Waals surface area contributed by atoms with E-state index in [-0.39, 0.29) is 17.9 Å². The first kappa shape index (κ1) is 23.5. The normalized spacial score (nSPS) is 12.9. The summed E-state index contributed by atoms with van der Waals surface area (Å²) in [4.78, 5) is 24.3. The number of carbonyl (C=O) groups excluding carboxylic acids is 1. The summed E-state index contributed by atoms with van der Waals surface area (Å²) in [5.41, 5.74) is -5.71. The highest BCUT2D eigenvalue weighted by molar-refractivity contribution is 5.99. The third kappa shape index (κ3) is 4.02. The number of ketones is 1. The van der Waals surface area contributed by atoms with Crippen LogP contribution in [0.1, 0.15) is 34.8 Å². The van der Waals surface area contributed by atoms with Crippen molar-refractivity contribution >= 4 is 16.7 Å². The Morgan fingerprint density at radius 3 is 2.03 bits per heavy atom. The van der Waals surface area contributed by atoms with E-state index in [0.717, 1.165) is 12.1 Å². The molecule has 0 fully saturated rings. The molecule has 3 aromatic rings. The summed E-state index contributed by atoms with van der Waals surface area (Å²) < 4.78 is 79.5. The molecule has 1 aromatic heterocycles. The van der Waals surface area contributed by atoms with Gasteiger partial charge in [-0.25, -0.2) is 0 Å². The number of hydrogen-bond acceptors (Lipinski definition) is 3. The van der Waals surface area contributed by atoms with Crippen LogP contribution in [-0.4, -0.2) is 27.8 Å². The largest absolute Gasteiger partial charge is 0.430 e. The molecule has 0 atom stereocenters. The molecule has 0 aliphatic heterocycles. The van der Waals surface area contributed by atoms with Gasteiger partial charge >= 0.3 is 12.4 Å². The van der Waals surface area contributed by atoms with Crippen LogP contribution >= 0.6 is 0 Å². The lowest BCUT2D eigenvalue weighted by Gasteiger charge is -2.32. The molecule has 10 heteroatoms. The first-order chi connectivity index (χ1) is 14.8. The fourth-order valence-corrected chi connectivity index (χ4v) is 3.37. The van der Waals surface area contributed by atoms with Gasteiger partial charge in [0.05, 0.1) is 12.1 Å². The number of fused-ring (bicyclic) bond motifs is 1. The van der Waals surface area contributed by atoms with Crippen LogP contribution in [0.4, 0.5) is 26.3 Å². The SMILES string of the molecule is CCC(=O)c1ccc2c(ccc(=O)n2Cc2ccc(C(O)(C(F)(F)F)C(F)(F)F)cc2)c1. The van der Waals surface area contributed by atoms with Crippen molar-refractivity contribution in [3.05, 3.63) is 81.6 Å². The summed E-state index contributed by atoms with van der Waals surface area (Å²) in [5, 5.41) is 10.1. The Kier molecular flexibility index (Phi) is 5.94. The lowest BCUT2D eigenvalue weighted by atomic mass is 9.91. The summed E-state index contributed by atoms with van der Waals surface area (Å²) >= 11 is 0. The van der Waals surface area contributed by atoms with Crippen LogP contribution in [0.15, 0.2) is 59.4 Å². The average molecular weight is 457 g/mol. The molecule has 4 nitrogen and oxygen atoms in total. The number of aromatic nitrogens is 1. The number of carbonyl (C=O) groups is 1. The summed E-state index contributed by atoms with van der Waals surface area (Å²) in [5.74, 6) is -0.0953. The van der Waals surface area contributed by atoms with Gasteiger partial charge in [0.1, 0.15) is 0 Å². The Balaban J connectivity index is 2.01. The quantitative estimate of drug-likeness (QED) is 0.436. The fraction of sp³-hybridized carbons (Fsp3) is 0.273. The number of nitrogens with zero attached hydrogens (tertiary/aromatic N) is 1. The lowest BCUT2D eigenvalue weighted by Crippen LogP contribution is -2.53. The predicted molar refractivity (Wildman–Crippen MR) is 104 cm³/mol. The van der Waals surface area contributed by atoms with E-state index in [4.69, 9.17) is 0 Å². The highest BCUT2D eigenvalue weighted by Gasteiger charge is 2.71. The van der Waals surface area contributed by atoms with Gasteiger partial charge in [0.2, 0.25) is 0 Å². The van der Waals surface area contributed by atoms with Crippen molar-refractivity contribution in [2.75, 3.05) is 0 Å². The van der Waals surface area contributed by atoms with Crippen molar-refractivity contribution in [1.29, 1.82) is 0 Å². The Bertz CT molecular complexity index is 1200. The maximum absolute atomic E-state index is 13.0. The van der Waals surface area contributed by atoms with E-state index in [9.17, 15) is 41.0 Å². The first-order valence-electron chi connectivity index (χ1n) is 9.41. The highest BCUT2D eigenvalue weighted by Crippen LogP contribution is 2.49. The van der Waals surface area contributed by atoms with E-state index in [1.54, 1.807) is 25.1 Å². The molecule has 0 saturated carbocycles. The molecule has 0 unspecified atom stereocenters.